The molecule has 1 aromatic heterocycles. The van der Waals surface area contributed by atoms with Crippen LogP contribution in [0.25, 0.3) is 16.3 Å². The molecule has 0 unspecified atom stereocenters. The van der Waals surface area contributed by atoms with Gasteiger partial charge in [-0.15, -0.1) is 0 Å². The number of aryl methyl sites for hydroxylation is 1. The second-order valence-corrected chi connectivity index (χ2v) is 10.5. The summed E-state index contributed by atoms with van der Waals surface area (Å²) in [6.45, 7) is 2.77. The van der Waals surface area contributed by atoms with E-state index in [9.17, 15) is 4.79 Å². The lowest BCUT2D eigenvalue weighted by molar-refractivity contribution is -0.642. The van der Waals surface area contributed by atoms with Crippen LogP contribution in [0.4, 0.5) is 5.69 Å². The first-order chi connectivity index (χ1) is 15.4. The zero-order valence-electron chi connectivity index (χ0n) is 17.8. The van der Waals surface area contributed by atoms with Crippen molar-refractivity contribution in [2.75, 3.05) is 11.4 Å². The molecule has 4 rings (SSSR count). The summed E-state index contributed by atoms with van der Waals surface area (Å²) in [6, 6.07) is 11.8. The molecule has 0 radical (unpaired) electrons. The Morgan fingerprint density at radius 2 is 1.94 bits per heavy atom. The third kappa shape index (κ3) is 4.99. The minimum atomic E-state index is -0.778. The van der Waals surface area contributed by atoms with Gasteiger partial charge in [0.15, 0.2) is 0 Å². The topological polar surface area (TPSA) is 44.4 Å². The Bertz CT molecular complexity index is 1250. The summed E-state index contributed by atoms with van der Waals surface area (Å²) in [5.41, 5.74) is 3.35. The maximum Gasteiger partial charge on any atom is 0.303 e. The molecule has 166 valence electrons. The fraction of sp³-hybridized carbons (Fsp3) is 0.250. The summed E-state index contributed by atoms with van der Waals surface area (Å²) >= 11 is 15.9. The number of hydrogen-bond acceptors (Lipinski definition) is 4. The Hall–Kier alpha value is -1.99. The normalized spacial score (nSPS) is 15.1. The van der Waals surface area contributed by atoms with Crippen molar-refractivity contribution in [3.63, 3.8) is 0 Å². The highest BCUT2D eigenvalue weighted by atomic mass is 35.5. The number of halogens is 2. The van der Waals surface area contributed by atoms with Crippen molar-refractivity contribution in [2.45, 2.75) is 31.1 Å². The van der Waals surface area contributed by atoms with E-state index in [4.69, 9.17) is 28.3 Å². The Morgan fingerprint density at radius 3 is 2.69 bits per heavy atom. The van der Waals surface area contributed by atoms with E-state index in [1.54, 1.807) is 23.1 Å². The molecule has 32 heavy (non-hydrogen) atoms. The molecule has 0 spiro atoms. The average molecular weight is 507 g/mol. The first-order valence-corrected chi connectivity index (χ1v) is 12.7. The molecular formula is C24H23Cl2N2O2S2+. The zero-order valence-corrected chi connectivity index (χ0v) is 20.9. The molecule has 0 atom stereocenters. The van der Waals surface area contributed by atoms with Crippen molar-refractivity contribution in [3.05, 3.63) is 68.1 Å². The lowest BCUT2D eigenvalue weighted by Crippen LogP contribution is -2.29. The molecule has 2 heterocycles. The van der Waals surface area contributed by atoms with Crippen LogP contribution in [0.2, 0.25) is 10.0 Å². The molecule has 0 bridgehead atoms. The lowest BCUT2D eigenvalue weighted by atomic mass is 10.2. The second kappa shape index (κ2) is 9.87. The number of aromatic nitrogens is 1. The first-order valence-electron chi connectivity index (χ1n) is 10.3. The van der Waals surface area contributed by atoms with E-state index in [0.717, 1.165) is 37.6 Å². The van der Waals surface area contributed by atoms with Crippen LogP contribution in [0.1, 0.15) is 31.2 Å². The number of fused-ring (bicyclic) bond motifs is 2. The summed E-state index contributed by atoms with van der Waals surface area (Å²) in [7, 11) is 2.06. The van der Waals surface area contributed by atoms with Gasteiger partial charge in [-0.05, 0) is 54.8 Å². The molecule has 0 saturated heterocycles. The minimum absolute atomic E-state index is 0.140. The minimum Gasteiger partial charge on any atom is -0.481 e. The predicted octanol–water partition coefficient (Wildman–Crippen LogP) is 7.14. The maximum absolute atomic E-state index is 11.0. The van der Waals surface area contributed by atoms with E-state index in [2.05, 4.69) is 41.7 Å². The number of thiazole rings is 1. The average Bonchev–Trinajstić information content (AvgIpc) is 3.24. The van der Waals surface area contributed by atoms with Crippen LogP contribution in [0, 0.1) is 0 Å². The molecule has 1 aliphatic heterocycles. The number of carbonyl (C=O) groups is 1. The van der Waals surface area contributed by atoms with E-state index in [-0.39, 0.29) is 6.42 Å². The Morgan fingerprint density at radius 1 is 1.19 bits per heavy atom. The van der Waals surface area contributed by atoms with Crippen molar-refractivity contribution < 1.29 is 14.5 Å². The number of carboxylic acid groups (broad SMARTS) is 1. The number of rotatable bonds is 7. The van der Waals surface area contributed by atoms with Gasteiger partial charge in [-0.2, -0.15) is 4.57 Å². The van der Waals surface area contributed by atoms with E-state index in [0.29, 0.717) is 18.0 Å². The van der Waals surface area contributed by atoms with Gasteiger partial charge in [0.1, 0.15) is 11.7 Å². The first kappa shape index (κ1) is 23.2. The highest BCUT2D eigenvalue weighted by Crippen LogP contribution is 2.47. The van der Waals surface area contributed by atoms with Gasteiger partial charge >= 0.3 is 5.97 Å². The fourth-order valence-corrected chi connectivity index (χ4v) is 6.21. The largest absolute Gasteiger partial charge is 0.481 e. The van der Waals surface area contributed by atoms with Gasteiger partial charge < -0.3 is 10.0 Å². The molecule has 0 saturated carbocycles. The van der Waals surface area contributed by atoms with E-state index >= 15 is 0 Å². The van der Waals surface area contributed by atoms with Crippen LogP contribution in [0.15, 0.2) is 58.0 Å². The van der Waals surface area contributed by atoms with Crippen molar-refractivity contribution in [1.29, 1.82) is 0 Å². The summed E-state index contributed by atoms with van der Waals surface area (Å²) in [5.74, 6) is -0.778. The lowest BCUT2D eigenvalue weighted by Gasteiger charge is -2.20. The number of allylic oxidation sites excluding steroid dienone is 2. The summed E-state index contributed by atoms with van der Waals surface area (Å²) in [5, 5.41) is 12.7. The number of hydrogen-bond donors (Lipinski definition) is 1. The van der Waals surface area contributed by atoms with Crippen LogP contribution in [-0.2, 0) is 11.8 Å². The molecule has 8 heteroatoms. The monoisotopic (exact) mass is 505 g/mol. The number of benzene rings is 2. The fourth-order valence-electron chi connectivity index (χ4n) is 3.63. The molecule has 4 nitrogen and oxygen atoms in total. The third-order valence-electron chi connectivity index (χ3n) is 5.32. The van der Waals surface area contributed by atoms with Crippen LogP contribution >= 0.6 is 46.3 Å². The van der Waals surface area contributed by atoms with E-state index < -0.39 is 5.97 Å². The van der Waals surface area contributed by atoms with Crippen LogP contribution < -0.4 is 9.47 Å². The number of aliphatic carboxylic acids is 1. The molecule has 0 amide bonds. The second-order valence-electron chi connectivity index (χ2n) is 7.53. The van der Waals surface area contributed by atoms with Crippen LogP contribution in [-0.4, -0.2) is 17.6 Å². The van der Waals surface area contributed by atoms with Crippen molar-refractivity contribution in [3.8, 4) is 0 Å². The SMILES string of the molecule is CCC(=Cc1sc2ccc(Cl)cc2[n+]1C)C=C1Sc2ccc(Cl)cc2N1CCCC(=O)O. The molecule has 0 fully saturated rings. The Labute approximate surface area is 205 Å². The molecule has 3 aromatic rings. The Balaban J connectivity index is 1.69. The number of carboxylic acids is 1. The summed E-state index contributed by atoms with van der Waals surface area (Å²) in [4.78, 5) is 14.3. The van der Waals surface area contributed by atoms with Gasteiger partial charge in [0, 0.05) is 40.0 Å². The van der Waals surface area contributed by atoms with E-state index in [1.807, 2.05) is 30.3 Å². The van der Waals surface area contributed by atoms with Gasteiger partial charge in [0.2, 0.25) is 5.52 Å². The molecule has 1 N–H and O–H groups in total. The molecule has 2 aromatic carbocycles. The number of thioether (sulfide) groups is 1. The third-order valence-corrected chi connectivity index (χ3v) is 8.07. The number of anilines is 1. The van der Waals surface area contributed by atoms with Crippen molar-refractivity contribution in [1.82, 2.24) is 0 Å². The van der Waals surface area contributed by atoms with Gasteiger partial charge in [-0.25, -0.2) is 0 Å². The van der Waals surface area contributed by atoms with Crippen molar-refractivity contribution in [2.24, 2.45) is 7.05 Å². The van der Waals surface area contributed by atoms with Gasteiger partial charge in [-0.3, -0.25) is 4.79 Å². The predicted molar refractivity (Wildman–Crippen MR) is 136 cm³/mol. The van der Waals surface area contributed by atoms with E-state index in [1.165, 1.54) is 10.3 Å². The zero-order chi connectivity index (χ0) is 22.8. The number of nitrogens with zero attached hydrogens (tertiary/aromatic N) is 2. The van der Waals surface area contributed by atoms with Gasteiger partial charge in [-0.1, -0.05) is 53.2 Å². The summed E-state index contributed by atoms with van der Waals surface area (Å²) in [6.07, 6.45) is 6.00. The molecule has 0 aliphatic carbocycles. The quantitative estimate of drug-likeness (QED) is 0.346. The summed E-state index contributed by atoms with van der Waals surface area (Å²) < 4.78 is 3.36. The van der Waals surface area contributed by atoms with Gasteiger partial charge in [0.25, 0.3) is 5.01 Å². The maximum atomic E-state index is 11.0. The smallest absolute Gasteiger partial charge is 0.303 e. The van der Waals surface area contributed by atoms with Gasteiger partial charge in [0.05, 0.1) is 10.7 Å². The van der Waals surface area contributed by atoms with Crippen LogP contribution in [0.3, 0.4) is 0 Å². The van der Waals surface area contributed by atoms with Crippen LogP contribution in [0.5, 0.6) is 0 Å². The van der Waals surface area contributed by atoms with Crippen molar-refractivity contribution >= 4 is 74.2 Å². The highest BCUT2D eigenvalue weighted by Gasteiger charge is 2.26. The molecule has 1 aliphatic rings. The standard InChI is InChI=1S/C24H22Cl2N2O2S2/c1-3-15(11-22-27(2)18-13-16(25)6-8-20(18)31-22)12-23-28(10-4-5-24(29)30)19-14-17(26)7-9-21(19)32-23/h6-9,11-14H,3-5,10H2,1-2H3/p+1. The Kier molecular flexibility index (Phi) is 7.15. The molecular weight excluding hydrogens is 483 g/mol. The highest BCUT2D eigenvalue weighted by molar-refractivity contribution is 8.03.